The fourth-order valence-corrected chi connectivity index (χ4v) is 5.27. The third-order valence-electron chi connectivity index (χ3n) is 6.20. The van der Waals surface area contributed by atoms with Crippen LogP contribution in [-0.2, 0) is 16.1 Å². The molecule has 0 spiro atoms. The number of nitrogen functional groups attached to an aromatic ring is 1. The summed E-state index contributed by atoms with van der Waals surface area (Å²) in [6.45, 7) is 5.59. The fraction of sp³-hybridized carbons (Fsp3) is 0.762. The van der Waals surface area contributed by atoms with Crippen molar-refractivity contribution in [1.82, 2.24) is 20.5 Å². The third kappa shape index (κ3) is 6.15. The van der Waals surface area contributed by atoms with Crippen LogP contribution in [0.5, 0.6) is 0 Å². The normalized spacial score (nSPS) is 22.0. The van der Waals surface area contributed by atoms with Crippen molar-refractivity contribution in [2.24, 2.45) is 5.92 Å². The number of aromatic nitrogens is 1. The summed E-state index contributed by atoms with van der Waals surface area (Å²) < 4.78 is 0. The number of carbonyl (C=O) groups is 2. The van der Waals surface area contributed by atoms with Gasteiger partial charge < -0.3 is 16.4 Å². The largest absolute Gasteiger partial charge is 0.375 e. The molecule has 8 heteroatoms. The minimum Gasteiger partial charge on any atom is -0.375 e. The summed E-state index contributed by atoms with van der Waals surface area (Å²) in [5.74, 6) is 0.391. The minimum atomic E-state index is -0.481. The predicted octanol–water partition coefficient (Wildman–Crippen LogP) is 2.67. The second kappa shape index (κ2) is 10.4. The summed E-state index contributed by atoms with van der Waals surface area (Å²) in [7, 11) is 0. The molecule has 29 heavy (non-hydrogen) atoms. The zero-order valence-electron chi connectivity index (χ0n) is 17.7. The van der Waals surface area contributed by atoms with Crippen molar-refractivity contribution in [3.8, 4) is 0 Å². The molecular weight excluding hydrogens is 386 g/mol. The Bertz CT molecular complexity index is 686. The van der Waals surface area contributed by atoms with Gasteiger partial charge in [-0.05, 0) is 45.6 Å². The van der Waals surface area contributed by atoms with E-state index < -0.39 is 6.04 Å². The standard InChI is InChI=1S/C21H35N5O2S/c1-14(2)26-10-6-9-18(26)20(28)25-17(11-15-7-4-3-5-8-15)19(27)23-12-16-13-24-21(22)29-16/h13-15,17-18H,3-12H2,1-2H3,(H2,22,24)(H,23,27)(H,25,28)/t17-,18+/m0/s1. The van der Waals surface area contributed by atoms with E-state index in [4.69, 9.17) is 5.73 Å². The Balaban J connectivity index is 1.62. The monoisotopic (exact) mass is 421 g/mol. The van der Waals surface area contributed by atoms with Gasteiger partial charge in [0, 0.05) is 17.1 Å². The SMILES string of the molecule is CC(C)N1CCC[C@@H]1C(=O)N[C@@H](CC1CCCCC1)C(=O)NCc1cnc(N)s1. The number of anilines is 1. The van der Waals surface area contributed by atoms with Crippen LogP contribution in [0.2, 0.25) is 0 Å². The number of rotatable bonds is 8. The summed E-state index contributed by atoms with van der Waals surface area (Å²) in [5.41, 5.74) is 5.67. The van der Waals surface area contributed by atoms with E-state index in [0.29, 0.717) is 23.6 Å². The van der Waals surface area contributed by atoms with Gasteiger partial charge in [0.05, 0.1) is 12.6 Å². The van der Waals surface area contributed by atoms with Crippen LogP contribution in [0.4, 0.5) is 5.13 Å². The van der Waals surface area contributed by atoms with E-state index in [0.717, 1.165) is 43.5 Å². The molecule has 1 aromatic heterocycles. The average molecular weight is 422 g/mol. The van der Waals surface area contributed by atoms with E-state index in [9.17, 15) is 9.59 Å². The molecule has 2 atom stereocenters. The van der Waals surface area contributed by atoms with Gasteiger partial charge in [-0.3, -0.25) is 14.5 Å². The summed E-state index contributed by atoms with van der Waals surface area (Å²) in [5, 5.41) is 6.58. The molecule has 0 radical (unpaired) electrons. The van der Waals surface area contributed by atoms with Crippen LogP contribution < -0.4 is 16.4 Å². The lowest BCUT2D eigenvalue weighted by atomic mass is 9.84. The molecule has 2 aliphatic rings. The molecule has 1 saturated carbocycles. The van der Waals surface area contributed by atoms with Gasteiger partial charge in [0.15, 0.2) is 5.13 Å². The highest BCUT2D eigenvalue weighted by molar-refractivity contribution is 7.15. The first-order chi connectivity index (χ1) is 13.9. The number of nitrogens with zero attached hydrogens (tertiary/aromatic N) is 2. The molecule has 162 valence electrons. The lowest BCUT2D eigenvalue weighted by Gasteiger charge is -2.30. The molecule has 7 nitrogen and oxygen atoms in total. The Morgan fingerprint density at radius 1 is 1.24 bits per heavy atom. The van der Waals surface area contributed by atoms with E-state index >= 15 is 0 Å². The quantitative estimate of drug-likeness (QED) is 0.599. The van der Waals surface area contributed by atoms with E-state index in [2.05, 4.69) is 34.4 Å². The molecule has 0 unspecified atom stereocenters. The highest BCUT2D eigenvalue weighted by Crippen LogP contribution is 2.28. The van der Waals surface area contributed by atoms with Gasteiger partial charge in [0.2, 0.25) is 11.8 Å². The van der Waals surface area contributed by atoms with E-state index in [1.807, 2.05) is 0 Å². The molecule has 1 saturated heterocycles. The highest BCUT2D eigenvalue weighted by atomic mass is 32.1. The summed E-state index contributed by atoms with van der Waals surface area (Å²) >= 11 is 1.37. The lowest BCUT2D eigenvalue weighted by molar-refractivity contribution is -0.132. The van der Waals surface area contributed by atoms with E-state index in [1.165, 1.54) is 30.6 Å². The van der Waals surface area contributed by atoms with Crippen molar-refractivity contribution in [3.63, 3.8) is 0 Å². The fourth-order valence-electron chi connectivity index (χ4n) is 4.65. The first-order valence-electron chi connectivity index (χ1n) is 11.0. The van der Waals surface area contributed by atoms with Crippen molar-refractivity contribution in [2.45, 2.75) is 89.9 Å². The van der Waals surface area contributed by atoms with Crippen molar-refractivity contribution in [1.29, 1.82) is 0 Å². The molecule has 2 amide bonds. The Morgan fingerprint density at radius 3 is 2.66 bits per heavy atom. The number of hydrogen-bond donors (Lipinski definition) is 3. The minimum absolute atomic E-state index is 0.00538. The van der Waals surface area contributed by atoms with Crippen LogP contribution in [0.25, 0.3) is 0 Å². The van der Waals surface area contributed by atoms with Crippen LogP contribution in [0, 0.1) is 5.92 Å². The number of nitrogens with two attached hydrogens (primary N) is 1. The molecule has 2 fully saturated rings. The first-order valence-corrected chi connectivity index (χ1v) is 11.8. The van der Waals surface area contributed by atoms with Crippen molar-refractivity contribution >= 4 is 28.3 Å². The summed E-state index contributed by atoms with van der Waals surface area (Å²) in [4.78, 5) is 33.2. The Kier molecular flexibility index (Phi) is 7.89. The molecule has 1 aromatic rings. The van der Waals surface area contributed by atoms with Crippen molar-refractivity contribution in [2.75, 3.05) is 12.3 Å². The second-order valence-corrected chi connectivity index (χ2v) is 9.82. The second-order valence-electron chi connectivity index (χ2n) is 8.67. The van der Waals surface area contributed by atoms with Gasteiger partial charge >= 0.3 is 0 Å². The highest BCUT2D eigenvalue weighted by Gasteiger charge is 2.35. The van der Waals surface area contributed by atoms with Crippen LogP contribution in [-0.4, -0.2) is 46.4 Å². The predicted molar refractivity (Wildman–Crippen MR) is 116 cm³/mol. The first kappa shape index (κ1) is 22.0. The number of nitrogens with one attached hydrogen (secondary N) is 2. The van der Waals surface area contributed by atoms with Gasteiger partial charge in [0.25, 0.3) is 0 Å². The maximum Gasteiger partial charge on any atom is 0.242 e. The topological polar surface area (TPSA) is 100 Å². The molecule has 1 aliphatic heterocycles. The van der Waals surface area contributed by atoms with Crippen LogP contribution in [0.15, 0.2) is 6.20 Å². The zero-order chi connectivity index (χ0) is 20.8. The maximum atomic E-state index is 13.0. The van der Waals surface area contributed by atoms with Gasteiger partial charge in [-0.25, -0.2) is 4.98 Å². The van der Waals surface area contributed by atoms with E-state index in [-0.39, 0.29) is 17.9 Å². The third-order valence-corrected chi connectivity index (χ3v) is 7.02. The van der Waals surface area contributed by atoms with Crippen LogP contribution in [0.3, 0.4) is 0 Å². The number of carbonyl (C=O) groups excluding carboxylic acids is 2. The Hall–Kier alpha value is -1.67. The smallest absolute Gasteiger partial charge is 0.242 e. The lowest BCUT2D eigenvalue weighted by Crippen LogP contribution is -2.53. The molecule has 2 heterocycles. The Morgan fingerprint density at radius 2 is 2.00 bits per heavy atom. The summed E-state index contributed by atoms with van der Waals surface area (Å²) in [6.07, 6.45) is 10.3. The number of likely N-dealkylation sites (tertiary alicyclic amines) is 1. The molecule has 4 N–H and O–H groups in total. The van der Waals surface area contributed by atoms with Gasteiger partial charge in [-0.15, -0.1) is 11.3 Å². The van der Waals surface area contributed by atoms with Crippen molar-refractivity contribution < 1.29 is 9.59 Å². The molecule has 1 aliphatic carbocycles. The Labute approximate surface area is 177 Å². The average Bonchev–Trinajstić information content (AvgIpc) is 3.35. The van der Waals surface area contributed by atoms with Gasteiger partial charge in [-0.2, -0.15) is 0 Å². The maximum absolute atomic E-state index is 13.0. The number of hydrogen-bond acceptors (Lipinski definition) is 6. The summed E-state index contributed by atoms with van der Waals surface area (Å²) in [6, 6.07) is -0.279. The van der Waals surface area contributed by atoms with Gasteiger partial charge in [0.1, 0.15) is 6.04 Å². The van der Waals surface area contributed by atoms with Crippen LogP contribution in [0.1, 0.15) is 70.1 Å². The molecular formula is C21H35N5O2S. The number of amides is 2. The molecule has 0 aromatic carbocycles. The van der Waals surface area contributed by atoms with Gasteiger partial charge in [-0.1, -0.05) is 32.1 Å². The van der Waals surface area contributed by atoms with Crippen molar-refractivity contribution in [3.05, 3.63) is 11.1 Å². The van der Waals surface area contributed by atoms with E-state index in [1.54, 1.807) is 6.20 Å². The molecule has 0 bridgehead atoms. The number of thiazole rings is 1. The zero-order valence-corrected chi connectivity index (χ0v) is 18.5. The molecule has 3 rings (SSSR count). The van der Waals surface area contributed by atoms with Crippen LogP contribution >= 0.6 is 11.3 Å².